The van der Waals surface area contributed by atoms with Crippen molar-refractivity contribution >= 4 is 18.0 Å². The molecule has 1 aliphatic rings. The fraction of sp³-hybridized carbons (Fsp3) is 0.423. The van der Waals surface area contributed by atoms with E-state index in [9.17, 15) is 19.5 Å². The largest absolute Gasteiger partial charge is 0.480 e. The molecule has 34 heavy (non-hydrogen) atoms. The van der Waals surface area contributed by atoms with Crippen molar-refractivity contribution in [1.82, 2.24) is 10.6 Å². The van der Waals surface area contributed by atoms with Crippen molar-refractivity contribution in [3.05, 3.63) is 59.7 Å². The maximum atomic E-state index is 12.8. The number of carboxylic acids is 1. The normalized spacial score (nSPS) is 15.1. The van der Waals surface area contributed by atoms with Crippen LogP contribution in [0.2, 0.25) is 0 Å². The molecule has 1 unspecified atom stereocenters. The van der Waals surface area contributed by atoms with Crippen molar-refractivity contribution in [2.45, 2.75) is 51.3 Å². The average molecular weight is 469 g/mol. The van der Waals surface area contributed by atoms with Crippen molar-refractivity contribution in [1.29, 1.82) is 0 Å². The number of hydrogen-bond donors (Lipinski definition) is 3. The van der Waals surface area contributed by atoms with E-state index >= 15 is 0 Å². The molecule has 0 radical (unpaired) electrons. The topological polar surface area (TPSA) is 114 Å². The van der Waals surface area contributed by atoms with Crippen LogP contribution in [0.15, 0.2) is 48.5 Å². The van der Waals surface area contributed by atoms with E-state index in [1.54, 1.807) is 6.92 Å². The van der Waals surface area contributed by atoms with Gasteiger partial charge in [-0.05, 0) is 41.5 Å². The number of ether oxygens (including phenoxy) is 2. The molecule has 0 saturated carbocycles. The summed E-state index contributed by atoms with van der Waals surface area (Å²) in [5.74, 6) is -1.84. The van der Waals surface area contributed by atoms with Gasteiger partial charge >= 0.3 is 12.1 Å². The number of amides is 2. The summed E-state index contributed by atoms with van der Waals surface area (Å²) in [5.41, 5.74) is 4.42. The van der Waals surface area contributed by atoms with Gasteiger partial charge in [0.15, 0.2) is 6.04 Å². The van der Waals surface area contributed by atoms with E-state index in [4.69, 9.17) is 9.47 Å². The number of alkyl carbamates (subject to hydrolysis) is 1. The maximum Gasteiger partial charge on any atom is 0.407 e. The number of aliphatic carboxylic acids is 1. The van der Waals surface area contributed by atoms with Gasteiger partial charge in [-0.3, -0.25) is 4.79 Å². The number of carbonyl (C=O) groups is 3. The van der Waals surface area contributed by atoms with E-state index in [0.717, 1.165) is 22.3 Å². The summed E-state index contributed by atoms with van der Waals surface area (Å²) in [4.78, 5) is 37.1. The van der Waals surface area contributed by atoms with Crippen LogP contribution in [0.4, 0.5) is 4.79 Å². The van der Waals surface area contributed by atoms with Gasteiger partial charge in [0.25, 0.3) is 0 Å². The van der Waals surface area contributed by atoms with Crippen LogP contribution >= 0.6 is 0 Å². The summed E-state index contributed by atoms with van der Waals surface area (Å²) < 4.78 is 10.6. The van der Waals surface area contributed by atoms with Crippen LogP contribution < -0.4 is 10.6 Å². The third-order valence-corrected chi connectivity index (χ3v) is 6.06. The first-order valence-corrected chi connectivity index (χ1v) is 11.4. The van der Waals surface area contributed by atoms with Crippen molar-refractivity contribution in [3.63, 3.8) is 0 Å². The molecule has 2 aromatic rings. The molecule has 2 aromatic carbocycles. The van der Waals surface area contributed by atoms with Crippen LogP contribution in [-0.4, -0.2) is 55.0 Å². The Labute approximate surface area is 199 Å². The van der Waals surface area contributed by atoms with Gasteiger partial charge in [0.1, 0.15) is 12.6 Å². The molecule has 0 heterocycles. The lowest BCUT2D eigenvalue weighted by atomic mass is 9.98. The zero-order valence-corrected chi connectivity index (χ0v) is 19.9. The number of fused-ring (bicyclic) bond motifs is 3. The van der Waals surface area contributed by atoms with E-state index in [2.05, 4.69) is 22.8 Å². The Balaban J connectivity index is 1.67. The molecule has 8 nitrogen and oxygen atoms in total. The fourth-order valence-electron chi connectivity index (χ4n) is 4.26. The number of benzene rings is 2. The molecule has 0 saturated heterocycles. The Kier molecular flexibility index (Phi) is 8.28. The summed E-state index contributed by atoms with van der Waals surface area (Å²) in [5, 5.41) is 14.5. The highest BCUT2D eigenvalue weighted by atomic mass is 16.5. The van der Waals surface area contributed by atoms with Gasteiger partial charge in [-0.25, -0.2) is 9.59 Å². The van der Waals surface area contributed by atoms with E-state index in [-0.39, 0.29) is 18.4 Å². The fourth-order valence-corrected chi connectivity index (χ4v) is 4.26. The molecule has 0 aliphatic heterocycles. The number of carboxylic acid groups (broad SMARTS) is 1. The molecular formula is C26H32N2O6. The Morgan fingerprint density at radius 1 is 0.941 bits per heavy atom. The van der Waals surface area contributed by atoms with Crippen LogP contribution in [0.3, 0.4) is 0 Å². The van der Waals surface area contributed by atoms with E-state index in [1.807, 2.05) is 50.2 Å². The molecule has 3 atom stereocenters. The SMILES string of the molecule is CO[C@H](C)[C@H](NC(=O)C(CC(C)C)NC(=O)OCC1c2ccccc2-c2ccccc21)C(=O)O. The minimum absolute atomic E-state index is 0.0766. The smallest absolute Gasteiger partial charge is 0.407 e. The summed E-state index contributed by atoms with van der Waals surface area (Å²) in [6.07, 6.45) is -1.14. The second-order valence-electron chi connectivity index (χ2n) is 8.92. The first-order valence-electron chi connectivity index (χ1n) is 11.4. The molecule has 2 amide bonds. The van der Waals surface area contributed by atoms with Gasteiger partial charge in [-0.1, -0.05) is 62.4 Å². The molecule has 0 bridgehead atoms. The van der Waals surface area contributed by atoms with Gasteiger partial charge in [0.2, 0.25) is 5.91 Å². The second kappa shape index (κ2) is 11.2. The molecule has 0 spiro atoms. The van der Waals surface area contributed by atoms with Crippen LogP contribution in [0.1, 0.15) is 44.2 Å². The lowest BCUT2D eigenvalue weighted by Gasteiger charge is -2.25. The van der Waals surface area contributed by atoms with E-state index in [0.29, 0.717) is 6.42 Å². The lowest BCUT2D eigenvalue weighted by molar-refractivity contribution is -0.145. The van der Waals surface area contributed by atoms with Gasteiger partial charge in [0, 0.05) is 13.0 Å². The second-order valence-corrected chi connectivity index (χ2v) is 8.92. The highest BCUT2D eigenvalue weighted by Crippen LogP contribution is 2.44. The Hall–Kier alpha value is -3.39. The first kappa shape index (κ1) is 25.2. The number of nitrogens with one attached hydrogen (secondary N) is 2. The Morgan fingerprint density at radius 3 is 2.00 bits per heavy atom. The monoisotopic (exact) mass is 468 g/mol. The zero-order valence-electron chi connectivity index (χ0n) is 19.9. The molecule has 1 aliphatic carbocycles. The molecule has 3 N–H and O–H groups in total. The Morgan fingerprint density at radius 2 is 1.50 bits per heavy atom. The van der Waals surface area contributed by atoms with Crippen molar-refractivity contribution < 1.29 is 29.0 Å². The summed E-state index contributed by atoms with van der Waals surface area (Å²) >= 11 is 0. The average Bonchev–Trinajstić information content (AvgIpc) is 3.13. The first-order chi connectivity index (χ1) is 16.2. The van der Waals surface area contributed by atoms with Gasteiger partial charge < -0.3 is 25.2 Å². The van der Waals surface area contributed by atoms with Gasteiger partial charge in [0.05, 0.1) is 6.10 Å². The van der Waals surface area contributed by atoms with Crippen LogP contribution in [0.5, 0.6) is 0 Å². The number of carbonyl (C=O) groups excluding carboxylic acids is 2. The summed E-state index contributed by atoms with van der Waals surface area (Å²) in [7, 11) is 1.37. The van der Waals surface area contributed by atoms with Crippen LogP contribution in [-0.2, 0) is 19.1 Å². The number of hydrogen-bond acceptors (Lipinski definition) is 5. The lowest BCUT2D eigenvalue weighted by Crippen LogP contribution is -2.55. The standard InChI is InChI=1S/C26H32N2O6/c1-15(2)13-22(24(29)28-23(25(30)31)16(3)33-4)27-26(32)34-14-21-19-11-7-5-9-17(19)18-10-6-8-12-20(18)21/h5-12,15-16,21-23H,13-14H2,1-4H3,(H,27,32)(H,28,29)(H,30,31)/t16-,22?,23+/m1/s1. The highest BCUT2D eigenvalue weighted by Gasteiger charge is 2.32. The third-order valence-electron chi connectivity index (χ3n) is 6.06. The molecule has 8 heteroatoms. The molecule has 0 aromatic heterocycles. The predicted molar refractivity (Wildman–Crippen MR) is 127 cm³/mol. The highest BCUT2D eigenvalue weighted by molar-refractivity contribution is 5.89. The maximum absolute atomic E-state index is 12.8. The molecule has 0 fully saturated rings. The molecule has 3 rings (SSSR count). The molecule has 182 valence electrons. The van der Waals surface area contributed by atoms with Crippen molar-refractivity contribution in [2.75, 3.05) is 13.7 Å². The quantitative estimate of drug-likeness (QED) is 0.491. The Bertz CT molecular complexity index is 992. The minimum atomic E-state index is -1.24. The van der Waals surface area contributed by atoms with Gasteiger partial charge in [-0.15, -0.1) is 0 Å². The van der Waals surface area contributed by atoms with E-state index < -0.39 is 36.2 Å². The summed E-state index contributed by atoms with van der Waals surface area (Å²) in [6.45, 7) is 5.49. The zero-order chi connectivity index (χ0) is 24.8. The summed E-state index contributed by atoms with van der Waals surface area (Å²) in [6, 6.07) is 13.9. The van der Waals surface area contributed by atoms with Gasteiger partial charge in [-0.2, -0.15) is 0 Å². The van der Waals surface area contributed by atoms with Crippen LogP contribution in [0.25, 0.3) is 11.1 Å². The van der Waals surface area contributed by atoms with Crippen molar-refractivity contribution in [3.8, 4) is 11.1 Å². The minimum Gasteiger partial charge on any atom is -0.480 e. The molecular weight excluding hydrogens is 436 g/mol. The van der Waals surface area contributed by atoms with Crippen LogP contribution in [0, 0.1) is 5.92 Å². The van der Waals surface area contributed by atoms with E-state index in [1.165, 1.54) is 7.11 Å². The van der Waals surface area contributed by atoms with Crippen molar-refractivity contribution in [2.24, 2.45) is 5.92 Å². The third kappa shape index (κ3) is 5.75. The number of methoxy groups -OCH3 is 1. The predicted octanol–water partition coefficient (Wildman–Crippen LogP) is 3.54. The number of rotatable bonds is 10.